The second-order valence-electron chi connectivity index (χ2n) is 6.38. The van der Waals surface area contributed by atoms with Crippen molar-refractivity contribution in [3.63, 3.8) is 0 Å². The molecule has 1 amide bonds. The molecular weight excluding hydrogens is 464 g/mol. The largest absolute Gasteiger partial charge is 0.506 e. The number of phenolic OH excluding ortho intramolecular Hbond substituents is 1. The van der Waals surface area contributed by atoms with Crippen molar-refractivity contribution in [1.29, 1.82) is 0 Å². The molecule has 0 radical (unpaired) electrons. The van der Waals surface area contributed by atoms with Gasteiger partial charge in [0.1, 0.15) is 12.3 Å². The predicted molar refractivity (Wildman–Crippen MR) is 112 cm³/mol. The van der Waals surface area contributed by atoms with E-state index < -0.39 is 18.4 Å². The van der Waals surface area contributed by atoms with E-state index in [0.29, 0.717) is 27.7 Å². The van der Waals surface area contributed by atoms with E-state index in [1.54, 1.807) is 31.2 Å². The van der Waals surface area contributed by atoms with E-state index in [9.17, 15) is 19.5 Å². The number of fused-ring (bicyclic) bond motifs is 1. The van der Waals surface area contributed by atoms with Gasteiger partial charge < -0.3 is 15.5 Å². The minimum atomic E-state index is -1.16. The number of benzene rings is 2. The zero-order valence-electron chi connectivity index (χ0n) is 15.2. The molecule has 9 heteroatoms. The summed E-state index contributed by atoms with van der Waals surface area (Å²) in [5.41, 5.74) is 1.87. The Morgan fingerprint density at radius 1 is 1.17 bits per heavy atom. The van der Waals surface area contributed by atoms with Gasteiger partial charge in [0.05, 0.1) is 17.0 Å². The Kier molecular flexibility index (Phi) is 5.95. The highest BCUT2D eigenvalue weighted by atomic mass is 79.9. The summed E-state index contributed by atoms with van der Waals surface area (Å²) in [6.45, 7) is 1.17. The molecule has 2 aromatic carbocycles. The first-order valence-electron chi connectivity index (χ1n) is 8.50. The van der Waals surface area contributed by atoms with Crippen molar-refractivity contribution in [1.82, 2.24) is 9.88 Å². The Labute approximate surface area is 179 Å². The SMILES string of the molecule is Cc1c(CC(=O)NCC(=O)O)c2cc(O)c(Cl)cc2n1C(=O)c1ccc(Br)cc1. The number of carboxylic acids is 1. The number of halogens is 2. The van der Waals surface area contributed by atoms with Crippen molar-refractivity contribution < 1.29 is 24.6 Å². The van der Waals surface area contributed by atoms with Gasteiger partial charge in [0, 0.05) is 21.1 Å². The molecule has 1 aromatic heterocycles. The summed E-state index contributed by atoms with van der Waals surface area (Å²) in [6, 6.07) is 9.68. The van der Waals surface area contributed by atoms with Crippen LogP contribution in [0.2, 0.25) is 5.02 Å². The summed E-state index contributed by atoms with van der Waals surface area (Å²) in [5, 5.41) is 21.6. The number of nitrogens with one attached hydrogen (secondary N) is 1. The van der Waals surface area contributed by atoms with Gasteiger partial charge in [-0.25, -0.2) is 0 Å². The number of carbonyl (C=O) groups is 3. The molecule has 0 unspecified atom stereocenters. The molecule has 3 rings (SSSR count). The van der Waals surface area contributed by atoms with Crippen molar-refractivity contribution in [3.05, 3.63) is 62.7 Å². The molecular formula is C20H16BrClN2O5. The Bertz CT molecular complexity index is 1140. The topological polar surface area (TPSA) is 109 Å². The Morgan fingerprint density at radius 2 is 1.83 bits per heavy atom. The molecule has 1 heterocycles. The fourth-order valence-electron chi connectivity index (χ4n) is 3.09. The smallest absolute Gasteiger partial charge is 0.322 e. The van der Waals surface area contributed by atoms with Crippen LogP contribution in [0.3, 0.4) is 0 Å². The van der Waals surface area contributed by atoms with E-state index in [2.05, 4.69) is 21.2 Å². The predicted octanol–water partition coefficient (Wildman–Crippen LogP) is 3.50. The maximum Gasteiger partial charge on any atom is 0.322 e. The van der Waals surface area contributed by atoms with Crippen LogP contribution >= 0.6 is 27.5 Å². The van der Waals surface area contributed by atoms with Gasteiger partial charge in [0.2, 0.25) is 5.91 Å². The first-order chi connectivity index (χ1) is 13.7. The van der Waals surface area contributed by atoms with Gasteiger partial charge in [0.25, 0.3) is 5.91 Å². The normalized spacial score (nSPS) is 10.9. The lowest BCUT2D eigenvalue weighted by Crippen LogP contribution is -2.30. The van der Waals surface area contributed by atoms with Crippen molar-refractivity contribution >= 4 is 56.2 Å². The lowest BCUT2D eigenvalue weighted by Gasteiger charge is -2.08. The second-order valence-corrected chi connectivity index (χ2v) is 7.70. The highest BCUT2D eigenvalue weighted by Gasteiger charge is 2.23. The first-order valence-corrected chi connectivity index (χ1v) is 9.67. The number of aromatic hydroxyl groups is 1. The second kappa shape index (κ2) is 8.26. The zero-order valence-corrected chi connectivity index (χ0v) is 17.5. The van der Waals surface area contributed by atoms with Crippen LogP contribution in [-0.4, -0.2) is 39.1 Å². The average Bonchev–Trinajstić information content (AvgIpc) is 2.91. The number of rotatable bonds is 5. The Morgan fingerprint density at radius 3 is 2.45 bits per heavy atom. The van der Waals surface area contributed by atoms with Crippen LogP contribution in [0.15, 0.2) is 40.9 Å². The number of carboxylic acid groups (broad SMARTS) is 1. The number of carbonyl (C=O) groups excluding carboxylic acids is 2. The van der Waals surface area contributed by atoms with Crippen LogP contribution in [0, 0.1) is 6.92 Å². The zero-order chi connectivity index (χ0) is 21.3. The van der Waals surface area contributed by atoms with Crippen molar-refractivity contribution in [2.45, 2.75) is 13.3 Å². The third-order valence-corrected chi connectivity index (χ3v) is 5.30. The van der Waals surface area contributed by atoms with Gasteiger partial charge in [-0.05, 0) is 48.9 Å². The molecule has 3 aromatic rings. The van der Waals surface area contributed by atoms with Crippen LogP contribution < -0.4 is 5.32 Å². The van der Waals surface area contributed by atoms with Crippen LogP contribution in [0.25, 0.3) is 10.9 Å². The monoisotopic (exact) mass is 478 g/mol. The highest BCUT2D eigenvalue weighted by Crippen LogP contribution is 2.35. The number of phenols is 1. The van der Waals surface area contributed by atoms with Crippen LogP contribution in [0.1, 0.15) is 21.6 Å². The minimum Gasteiger partial charge on any atom is -0.506 e. The van der Waals surface area contributed by atoms with Crippen LogP contribution in [0.4, 0.5) is 0 Å². The number of aromatic nitrogens is 1. The molecule has 150 valence electrons. The Balaban J connectivity index is 2.12. The standard InChI is InChI=1S/C20H16BrClN2O5/c1-10-13(7-18(26)23-9-19(27)28)14-6-17(25)15(22)8-16(14)24(10)20(29)11-2-4-12(21)5-3-11/h2-6,8,25H,7,9H2,1H3,(H,23,26)(H,27,28). The molecule has 0 saturated carbocycles. The molecule has 0 bridgehead atoms. The van der Waals surface area contributed by atoms with Crippen LogP contribution in [0.5, 0.6) is 5.75 Å². The summed E-state index contributed by atoms with van der Waals surface area (Å²) >= 11 is 9.39. The summed E-state index contributed by atoms with van der Waals surface area (Å²) in [6.07, 6.45) is -0.155. The molecule has 0 aliphatic carbocycles. The lowest BCUT2D eigenvalue weighted by atomic mass is 10.1. The third-order valence-electron chi connectivity index (χ3n) is 4.47. The summed E-state index contributed by atoms with van der Waals surface area (Å²) in [7, 11) is 0. The fourth-order valence-corrected chi connectivity index (χ4v) is 3.51. The average molecular weight is 480 g/mol. The molecule has 0 atom stereocenters. The van der Waals surface area contributed by atoms with E-state index in [4.69, 9.17) is 16.7 Å². The highest BCUT2D eigenvalue weighted by molar-refractivity contribution is 9.10. The molecule has 0 fully saturated rings. The lowest BCUT2D eigenvalue weighted by molar-refractivity contribution is -0.137. The molecule has 0 saturated heterocycles. The summed E-state index contributed by atoms with van der Waals surface area (Å²) < 4.78 is 2.26. The van der Waals surface area contributed by atoms with Gasteiger partial charge in [-0.2, -0.15) is 0 Å². The van der Waals surface area contributed by atoms with Gasteiger partial charge in [-0.1, -0.05) is 27.5 Å². The molecule has 3 N–H and O–H groups in total. The fraction of sp³-hybridized carbons (Fsp3) is 0.150. The first kappa shape index (κ1) is 20.9. The van der Waals surface area contributed by atoms with E-state index >= 15 is 0 Å². The molecule has 0 aliphatic rings. The van der Waals surface area contributed by atoms with Crippen molar-refractivity contribution in [3.8, 4) is 5.75 Å². The van der Waals surface area contributed by atoms with Crippen molar-refractivity contribution in [2.75, 3.05) is 6.54 Å². The molecule has 0 spiro atoms. The van der Waals surface area contributed by atoms with E-state index in [-0.39, 0.29) is 23.1 Å². The minimum absolute atomic E-state index is 0.0711. The molecule has 29 heavy (non-hydrogen) atoms. The van der Waals surface area contributed by atoms with E-state index in [1.807, 2.05) is 0 Å². The number of nitrogens with zero attached hydrogens (tertiary/aromatic N) is 1. The number of hydrogen-bond donors (Lipinski definition) is 3. The quantitative estimate of drug-likeness (QED) is 0.519. The van der Waals surface area contributed by atoms with E-state index in [0.717, 1.165) is 4.47 Å². The molecule has 0 aliphatic heterocycles. The van der Waals surface area contributed by atoms with Crippen molar-refractivity contribution in [2.24, 2.45) is 0 Å². The third kappa shape index (κ3) is 4.28. The number of hydrogen-bond acceptors (Lipinski definition) is 4. The van der Waals surface area contributed by atoms with Gasteiger partial charge in [-0.15, -0.1) is 0 Å². The van der Waals surface area contributed by atoms with Gasteiger partial charge in [-0.3, -0.25) is 19.0 Å². The summed E-state index contributed by atoms with van der Waals surface area (Å²) in [4.78, 5) is 36.0. The maximum atomic E-state index is 13.2. The van der Waals surface area contributed by atoms with Crippen LogP contribution in [-0.2, 0) is 16.0 Å². The number of aliphatic carboxylic acids is 1. The number of amides is 1. The molecule has 7 nitrogen and oxygen atoms in total. The van der Waals surface area contributed by atoms with Gasteiger partial charge in [0.15, 0.2) is 0 Å². The maximum absolute atomic E-state index is 13.2. The summed E-state index contributed by atoms with van der Waals surface area (Å²) in [5.74, 6) is -2.18. The Hall–Kier alpha value is -2.84. The van der Waals surface area contributed by atoms with Gasteiger partial charge >= 0.3 is 5.97 Å². The van der Waals surface area contributed by atoms with E-state index in [1.165, 1.54) is 16.7 Å².